The molecule has 0 atom stereocenters. The van der Waals surface area contributed by atoms with Crippen molar-refractivity contribution in [3.63, 3.8) is 0 Å². The summed E-state index contributed by atoms with van der Waals surface area (Å²) in [7, 11) is 3.01. The molecule has 2 aromatic carbocycles. The molecule has 0 aliphatic carbocycles. The maximum absolute atomic E-state index is 12.1. The molecular weight excluding hydrogens is 376 g/mol. The summed E-state index contributed by atoms with van der Waals surface area (Å²) >= 11 is 3.33. The molecular formula is C18H17BrO5. The van der Waals surface area contributed by atoms with Crippen molar-refractivity contribution in [2.75, 3.05) is 20.8 Å². The fraction of sp³-hybridized carbons (Fsp3) is 0.222. The van der Waals surface area contributed by atoms with Gasteiger partial charge < -0.3 is 14.2 Å². The molecule has 0 N–H and O–H groups in total. The van der Waals surface area contributed by atoms with Gasteiger partial charge in [0.05, 0.1) is 20.6 Å². The lowest BCUT2D eigenvalue weighted by molar-refractivity contribution is -0.141. The first-order valence-corrected chi connectivity index (χ1v) is 7.98. The van der Waals surface area contributed by atoms with Gasteiger partial charge in [0.25, 0.3) is 0 Å². The van der Waals surface area contributed by atoms with Crippen LogP contribution < -0.4 is 9.47 Å². The Hall–Kier alpha value is -2.34. The Bertz CT molecular complexity index is 725. The predicted octanol–water partition coefficient (Wildman–Crippen LogP) is 3.43. The number of esters is 1. The summed E-state index contributed by atoms with van der Waals surface area (Å²) in [6.07, 6.45) is 0.118. The zero-order valence-electron chi connectivity index (χ0n) is 13.4. The summed E-state index contributed by atoms with van der Waals surface area (Å²) in [6, 6.07) is 12.1. The zero-order chi connectivity index (χ0) is 17.5. The number of hydrogen-bond acceptors (Lipinski definition) is 5. The van der Waals surface area contributed by atoms with Crippen LogP contribution in [0.3, 0.4) is 0 Å². The molecule has 0 amide bonds. The lowest BCUT2D eigenvalue weighted by atomic mass is 10.1. The highest BCUT2D eigenvalue weighted by atomic mass is 79.9. The number of hydrogen-bond donors (Lipinski definition) is 0. The standard InChI is InChI=1S/C18H17BrO5/c1-22-16-8-5-13(10-17(16)23-2)15(20)11-24-18(21)9-12-3-6-14(19)7-4-12/h3-8,10H,9,11H2,1-2H3. The van der Waals surface area contributed by atoms with Crippen LogP contribution in [0, 0.1) is 0 Å². The van der Waals surface area contributed by atoms with Gasteiger partial charge in [-0.25, -0.2) is 0 Å². The minimum atomic E-state index is -0.453. The first-order valence-electron chi connectivity index (χ1n) is 7.18. The highest BCUT2D eigenvalue weighted by molar-refractivity contribution is 9.10. The Morgan fingerprint density at radius 2 is 1.62 bits per heavy atom. The number of Topliss-reactive ketones (excluding diaryl/α,β-unsaturated/α-hetero) is 1. The molecule has 2 rings (SSSR count). The van der Waals surface area contributed by atoms with E-state index in [2.05, 4.69) is 15.9 Å². The third kappa shape index (κ3) is 4.83. The average Bonchev–Trinajstić information content (AvgIpc) is 2.61. The lowest BCUT2D eigenvalue weighted by Gasteiger charge is -2.09. The van der Waals surface area contributed by atoms with Gasteiger partial charge in [0.2, 0.25) is 0 Å². The summed E-state index contributed by atoms with van der Waals surface area (Å²) in [4.78, 5) is 24.0. The largest absolute Gasteiger partial charge is 0.493 e. The number of rotatable bonds is 7. The number of carbonyl (C=O) groups is 2. The van der Waals surface area contributed by atoms with E-state index in [9.17, 15) is 9.59 Å². The third-order valence-electron chi connectivity index (χ3n) is 3.33. The van der Waals surface area contributed by atoms with Gasteiger partial charge in [0.1, 0.15) is 0 Å². The molecule has 0 saturated carbocycles. The monoisotopic (exact) mass is 392 g/mol. The molecule has 0 unspecified atom stereocenters. The van der Waals surface area contributed by atoms with E-state index in [0.29, 0.717) is 17.1 Å². The van der Waals surface area contributed by atoms with Gasteiger partial charge >= 0.3 is 5.97 Å². The maximum atomic E-state index is 12.1. The van der Waals surface area contributed by atoms with Crippen molar-refractivity contribution in [3.8, 4) is 11.5 Å². The number of carbonyl (C=O) groups excluding carboxylic acids is 2. The second kappa shape index (κ2) is 8.49. The van der Waals surface area contributed by atoms with E-state index in [4.69, 9.17) is 14.2 Å². The molecule has 0 spiro atoms. The fourth-order valence-corrected chi connectivity index (χ4v) is 2.32. The molecule has 5 nitrogen and oxygen atoms in total. The molecule has 0 aliphatic heterocycles. The first kappa shape index (κ1) is 18.0. The van der Waals surface area contributed by atoms with Crippen LogP contribution in [0.25, 0.3) is 0 Å². The van der Waals surface area contributed by atoms with Crippen molar-refractivity contribution in [2.45, 2.75) is 6.42 Å². The molecule has 24 heavy (non-hydrogen) atoms. The summed E-state index contributed by atoms with van der Waals surface area (Å²) in [5, 5.41) is 0. The Morgan fingerprint density at radius 1 is 0.958 bits per heavy atom. The Morgan fingerprint density at radius 3 is 2.25 bits per heavy atom. The Kier molecular flexibility index (Phi) is 6.37. The Labute approximate surface area is 148 Å². The molecule has 0 bridgehead atoms. The second-order valence-electron chi connectivity index (χ2n) is 4.96. The SMILES string of the molecule is COc1ccc(C(=O)COC(=O)Cc2ccc(Br)cc2)cc1OC. The van der Waals surface area contributed by atoms with Crippen LogP contribution in [0.5, 0.6) is 11.5 Å². The van der Waals surface area contributed by atoms with Crippen molar-refractivity contribution in [2.24, 2.45) is 0 Å². The summed E-state index contributed by atoms with van der Waals surface area (Å²) in [6.45, 7) is -0.315. The lowest BCUT2D eigenvalue weighted by Crippen LogP contribution is -2.15. The van der Waals surface area contributed by atoms with Gasteiger partial charge in [0, 0.05) is 10.0 Å². The van der Waals surface area contributed by atoms with Crippen molar-refractivity contribution in [3.05, 3.63) is 58.1 Å². The van der Waals surface area contributed by atoms with Crippen LogP contribution in [0.15, 0.2) is 46.9 Å². The number of ether oxygens (including phenoxy) is 3. The van der Waals surface area contributed by atoms with E-state index in [1.165, 1.54) is 14.2 Å². The molecule has 0 aliphatic rings. The highest BCUT2D eigenvalue weighted by Gasteiger charge is 2.13. The number of methoxy groups -OCH3 is 2. The van der Waals surface area contributed by atoms with Gasteiger partial charge in [-0.3, -0.25) is 9.59 Å². The Balaban J connectivity index is 1.92. The highest BCUT2D eigenvalue weighted by Crippen LogP contribution is 2.27. The molecule has 0 heterocycles. The molecule has 0 aromatic heterocycles. The van der Waals surface area contributed by atoms with Gasteiger partial charge in [-0.15, -0.1) is 0 Å². The van der Waals surface area contributed by atoms with E-state index in [1.54, 1.807) is 18.2 Å². The topological polar surface area (TPSA) is 61.8 Å². The number of halogens is 1. The van der Waals surface area contributed by atoms with Crippen molar-refractivity contribution in [1.82, 2.24) is 0 Å². The molecule has 6 heteroatoms. The van der Waals surface area contributed by atoms with Crippen molar-refractivity contribution < 1.29 is 23.8 Å². The van der Waals surface area contributed by atoms with Gasteiger partial charge in [-0.05, 0) is 35.9 Å². The van der Waals surface area contributed by atoms with Crippen molar-refractivity contribution >= 4 is 27.7 Å². The third-order valence-corrected chi connectivity index (χ3v) is 3.86. The minimum Gasteiger partial charge on any atom is -0.493 e. The van der Waals surface area contributed by atoms with Crippen LogP contribution >= 0.6 is 15.9 Å². The van der Waals surface area contributed by atoms with Gasteiger partial charge in [-0.1, -0.05) is 28.1 Å². The number of ketones is 1. The van der Waals surface area contributed by atoms with Crippen LogP contribution in [-0.4, -0.2) is 32.6 Å². The maximum Gasteiger partial charge on any atom is 0.310 e. The van der Waals surface area contributed by atoms with E-state index in [0.717, 1.165) is 10.0 Å². The second-order valence-corrected chi connectivity index (χ2v) is 5.87. The van der Waals surface area contributed by atoms with Gasteiger partial charge in [-0.2, -0.15) is 0 Å². The molecule has 0 radical (unpaired) electrons. The van der Waals surface area contributed by atoms with Crippen molar-refractivity contribution in [1.29, 1.82) is 0 Å². The normalized spacial score (nSPS) is 10.1. The summed E-state index contributed by atoms with van der Waals surface area (Å²) < 4.78 is 16.3. The van der Waals surface area contributed by atoms with E-state index in [1.807, 2.05) is 24.3 Å². The summed E-state index contributed by atoms with van der Waals surface area (Å²) in [5.41, 5.74) is 1.21. The minimum absolute atomic E-state index is 0.118. The summed E-state index contributed by atoms with van der Waals surface area (Å²) in [5.74, 6) is 0.220. The van der Waals surface area contributed by atoms with Crippen LogP contribution in [0.4, 0.5) is 0 Å². The predicted molar refractivity (Wildman–Crippen MR) is 92.7 cm³/mol. The van der Waals surface area contributed by atoms with Crippen LogP contribution in [0.2, 0.25) is 0 Å². The fourth-order valence-electron chi connectivity index (χ4n) is 2.06. The quantitative estimate of drug-likeness (QED) is 0.533. The average molecular weight is 393 g/mol. The molecule has 0 fully saturated rings. The molecule has 2 aromatic rings. The first-order chi connectivity index (χ1) is 11.5. The van der Waals surface area contributed by atoms with E-state index >= 15 is 0 Å². The van der Waals surface area contributed by atoms with Crippen LogP contribution in [0.1, 0.15) is 15.9 Å². The molecule has 126 valence electrons. The van der Waals surface area contributed by atoms with E-state index in [-0.39, 0.29) is 18.8 Å². The van der Waals surface area contributed by atoms with E-state index < -0.39 is 5.97 Å². The van der Waals surface area contributed by atoms with Gasteiger partial charge in [0.15, 0.2) is 23.9 Å². The smallest absolute Gasteiger partial charge is 0.310 e. The number of benzene rings is 2. The van der Waals surface area contributed by atoms with Crippen LogP contribution in [-0.2, 0) is 16.0 Å². The zero-order valence-corrected chi connectivity index (χ0v) is 15.0. The molecule has 0 saturated heterocycles.